The van der Waals surface area contributed by atoms with E-state index in [-0.39, 0.29) is 5.84 Å². The fourth-order valence-corrected chi connectivity index (χ4v) is 1.12. The summed E-state index contributed by atoms with van der Waals surface area (Å²) in [6, 6.07) is 0.417. The van der Waals surface area contributed by atoms with Crippen LogP contribution in [0.3, 0.4) is 0 Å². The molecule has 1 atom stereocenters. The van der Waals surface area contributed by atoms with Crippen molar-refractivity contribution in [2.45, 2.75) is 32.7 Å². The molecule has 4 heteroatoms. The van der Waals surface area contributed by atoms with Crippen LogP contribution in [0.25, 0.3) is 0 Å². The molecule has 0 radical (unpaired) electrons. The summed E-state index contributed by atoms with van der Waals surface area (Å²) in [5.41, 5.74) is 6.30. The Morgan fingerprint density at radius 2 is 2.46 bits per heavy atom. The van der Waals surface area contributed by atoms with Crippen molar-refractivity contribution in [3.05, 3.63) is 18.0 Å². The Morgan fingerprint density at radius 1 is 1.77 bits per heavy atom. The zero-order chi connectivity index (χ0) is 9.84. The van der Waals surface area contributed by atoms with Crippen LogP contribution in [-0.2, 0) is 6.42 Å². The van der Waals surface area contributed by atoms with E-state index in [9.17, 15) is 0 Å². The van der Waals surface area contributed by atoms with Crippen molar-refractivity contribution in [1.82, 2.24) is 9.78 Å². The normalized spacial score (nSPS) is 12.8. The Morgan fingerprint density at radius 3 is 3.00 bits per heavy atom. The lowest BCUT2D eigenvalue weighted by molar-refractivity contribution is 0.477. The van der Waals surface area contributed by atoms with Gasteiger partial charge in [0.05, 0.1) is 12.0 Å². The third-order valence-electron chi connectivity index (χ3n) is 2.09. The molecule has 1 aromatic rings. The monoisotopic (exact) mass is 180 g/mol. The second-order valence-electron chi connectivity index (χ2n) is 3.29. The molecule has 13 heavy (non-hydrogen) atoms. The molecular weight excluding hydrogens is 164 g/mol. The summed E-state index contributed by atoms with van der Waals surface area (Å²) in [4.78, 5) is 0. The average Bonchev–Trinajstić information content (AvgIpc) is 2.50. The minimum Gasteiger partial charge on any atom is -0.387 e. The second kappa shape index (κ2) is 4.07. The molecule has 0 spiro atoms. The van der Waals surface area contributed by atoms with E-state index in [2.05, 4.69) is 18.9 Å². The smallest absolute Gasteiger partial charge is 0.0951 e. The van der Waals surface area contributed by atoms with Crippen molar-refractivity contribution in [2.24, 2.45) is 5.73 Å². The van der Waals surface area contributed by atoms with Crippen molar-refractivity contribution in [2.75, 3.05) is 0 Å². The van der Waals surface area contributed by atoms with Crippen LogP contribution in [0.1, 0.15) is 31.9 Å². The number of hydrogen-bond donors (Lipinski definition) is 2. The van der Waals surface area contributed by atoms with Crippen LogP contribution in [0, 0.1) is 5.41 Å². The van der Waals surface area contributed by atoms with Crippen LogP contribution in [0.15, 0.2) is 12.4 Å². The van der Waals surface area contributed by atoms with Gasteiger partial charge in [0.1, 0.15) is 0 Å². The Labute approximate surface area is 78.3 Å². The number of hydrogen-bond acceptors (Lipinski definition) is 2. The van der Waals surface area contributed by atoms with E-state index in [0.29, 0.717) is 12.5 Å². The number of nitrogens with zero attached hydrogens (tertiary/aromatic N) is 2. The van der Waals surface area contributed by atoms with E-state index in [1.807, 2.05) is 10.9 Å². The standard InChI is InChI=1S/C9H16N4/c1-3-7(2)13-6-8(5-12-13)4-9(10)11/h5-7H,3-4H2,1-2H3,(H3,10,11). The molecule has 0 bridgehead atoms. The first-order chi connectivity index (χ1) is 6.13. The maximum absolute atomic E-state index is 7.13. The molecule has 0 aromatic carbocycles. The lowest BCUT2D eigenvalue weighted by atomic mass is 10.2. The molecule has 0 aliphatic heterocycles. The molecule has 0 saturated heterocycles. The molecule has 1 aromatic heterocycles. The highest BCUT2D eigenvalue weighted by molar-refractivity contribution is 5.79. The van der Waals surface area contributed by atoms with Crippen LogP contribution >= 0.6 is 0 Å². The molecule has 0 fully saturated rings. The summed E-state index contributed by atoms with van der Waals surface area (Å²) in [5, 5.41) is 11.3. The molecule has 1 heterocycles. The Balaban J connectivity index is 2.68. The van der Waals surface area contributed by atoms with Gasteiger partial charge in [0.25, 0.3) is 0 Å². The maximum atomic E-state index is 7.13. The SMILES string of the molecule is CCC(C)n1cc(CC(=N)N)cn1. The molecule has 0 saturated carbocycles. The Bertz CT molecular complexity index is 290. The minimum atomic E-state index is 0.184. The van der Waals surface area contributed by atoms with E-state index in [4.69, 9.17) is 11.1 Å². The molecule has 3 N–H and O–H groups in total. The fourth-order valence-electron chi connectivity index (χ4n) is 1.12. The highest BCUT2D eigenvalue weighted by Crippen LogP contribution is 2.09. The largest absolute Gasteiger partial charge is 0.387 e. The molecule has 0 amide bonds. The van der Waals surface area contributed by atoms with Crippen LogP contribution in [0.2, 0.25) is 0 Å². The van der Waals surface area contributed by atoms with Crippen LogP contribution in [0.5, 0.6) is 0 Å². The molecular formula is C9H16N4. The quantitative estimate of drug-likeness (QED) is 0.542. The minimum absolute atomic E-state index is 0.184. The van der Waals surface area contributed by atoms with Gasteiger partial charge in [-0.3, -0.25) is 10.1 Å². The lowest BCUT2D eigenvalue weighted by Gasteiger charge is -2.07. The van der Waals surface area contributed by atoms with Gasteiger partial charge in [-0.15, -0.1) is 0 Å². The van der Waals surface area contributed by atoms with Crippen LogP contribution < -0.4 is 5.73 Å². The summed E-state index contributed by atoms with van der Waals surface area (Å²) in [6.45, 7) is 4.24. The highest BCUT2D eigenvalue weighted by Gasteiger charge is 2.04. The van der Waals surface area contributed by atoms with Gasteiger partial charge >= 0.3 is 0 Å². The number of nitrogens with one attached hydrogen (secondary N) is 1. The topological polar surface area (TPSA) is 67.7 Å². The molecule has 0 aliphatic rings. The lowest BCUT2D eigenvalue weighted by Crippen LogP contribution is -2.12. The third-order valence-corrected chi connectivity index (χ3v) is 2.09. The fraction of sp³-hybridized carbons (Fsp3) is 0.556. The average molecular weight is 180 g/mol. The number of rotatable bonds is 4. The van der Waals surface area contributed by atoms with Crippen molar-refractivity contribution in [3.63, 3.8) is 0 Å². The van der Waals surface area contributed by atoms with Gasteiger partial charge < -0.3 is 5.73 Å². The van der Waals surface area contributed by atoms with E-state index in [1.54, 1.807) is 6.20 Å². The van der Waals surface area contributed by atoms with E-state index in [0.717, 1.165) is 12.0 Å². The van der Waals surface area contributed by atoms with Crippen molar-refractivity contribution >= 4 is 5.84 Å². The zero-order valence-corrected chi connectivity index (χ0v) is 8.12. The maximum Gasteiger partial charge on any atom is 0.0951 e. The first-order valence-electron chi connectivity index (χ1n) is 4.49. The Hall–Kier alpha value is -1.32. The van der Waals surface area contributed by atoms with Crippen molar-refractivity contribution in [3.8, 4) is 0 Å². The van der Waals surface area contributed by atoms with Gasteiger partial charge in [-0.1, -0.05) is 6.92 Å². The van der Waals surface area contributed by atoms with Gasteiger partial charge in [0, 0.05) is 18.7 Å². The number of amidine groups is 1. The van der Waals surface area contributed by atoms with Gasteiger partial charge in [-0.05, 0) is 18.9 Å². The van der Waals surface area contributed by atoms with Crippen molar-refractivity contribution < 1.29 is 0 Å². The molecule has 4 nitrogen and oxygen atoms in total. The van der Waals surface area contributed by atoms with E-state index in [1.165, 1.54) is 0 Å². The summed E-state index contributed by atoms with van der Waals surface area (Å²) >= 11 is 0. The molecule has 0 aliphatic carbocycles. The summed E-state index contributed by atoms with van der Waals surface area (Å²) in [7, 11) is 0. The van der Waals surface area contributed by atoms with E-state index >= 15 is 0 Å². The van der Waals surface area contributed by atoms with Gasteiger partial charge in [-0.25, -0.2) is 0 Å². The summed E-state index contributed by atoms with van der Waals surface area (Å²) in [6.07, 6.45) is 5.28. The Kier molecular flexibility index (Phi) is 3.06. The summed E-state index contributed by atoms with van der Waals surface area (Å²) < 4.78 is 1.91. The first kappa shape index (κ1) is 9.77. The zero-order valence-electron chi connectivity index (χ0n) is 8.12. The summed E-state index contributed by atoms with van der Waals surface area (Å²) in [5.74, 6) is 0.184. The molecule has 72 valence electrons. The van der Waals surface area contributed by atoms with Crippen molar-refractivity contribution in [1.29, 1.82) is 5.41 Å². The van der Waals surface area contributed by atoms with Gasteiger partial charge in [-0.2, -0.15) is 5.10 Å². The third kappa shape index (κ3) is 2.57. The number of nitrogens with two attached hydrogens (primary N) is 1. The van der Waals surface area contributed by atoms with Crippen LogP contribution in [0.4, 0.5) is 0 Å². The molecule has 1 rings (SSSR count). The first-order valence-corrected chi connectivity index (χ1v) is 4.49. The predicted octanol–water partition coefficient (Wildman–Crippen LogP) is 1.33. The van der Waals surface area contributed by atoms with Gasteiger partial charge in [0.2, 0.25) is 0 Å². The highest BCUT2D eigenvalue weighted by atomic mass is 15.3. The predicted molar refractivity (Wildman–Crippen MR) is 52.8 cm³/mol. The second-order valence-corrected chi connectivity index (χ2v) is 3.29. The van der Waals surface area contributed by atoms with E-state index < -0.39 is 0 Å². The molecule has 1 unspecified atom stereocenters. The number of aromatic nitrogens is 2. The van der Waals surface area contributed by atoms with Crippen LogP contribution in [-0.4, -0.2) is 15.6 Å². The van der Waals surface area contributed by atoms with Gasteiger partial charge in [0.15, 0.2) is 0 Å².